The highest BCUT2D eigenvalue weighted by atomic mass is 32.2. The van der Waals surface area contributed by atoms with Crippen LogP contribution in [0.4, 0.5) is 0 Å². The normalized spacial score (nSPS) is 24.5. The zero-order chi connectivity index (χ0) is 16.1. The SMILES string of the molecule is CCNC(=NCc1nnc2n1CCCC2)NC1CCC(SC)C1. The van der Waals surface area contributed by atoms with E-state index in [2.05, 4.69) is 38.6 Å². The number of hydrogen-bond acceptors (Lipinski definition) is 4. The van der Waals surface area contributed by atoms with Crippen LogP contribution in [0.25, 0.3) is 0 Å². The molecule has 3 rings (SSSR count). The standard InChI is InChI=1S/C16H28N6S/c1-3-17-16(19-12-7-8-13(10-12)23-2)18-11-15-21-20-14-6-4-5-9-22(14)15/h12-13H,3-11H2,1-2H3,(H2,17,18,19). The van der Waals surface area contributed by atoms with E-state index in [0.29, 0.717) is 12.6 Å². The molecule has 7 heteroatoms. The molecule has 0 amide bonds. The summed E-state index contributed by atoms with van der Waals surface area (Å²) in [5.41, 5.74) is 0. The Morgan fingerprint density at radius 1 is 1.35 bits per heavy atom. The van der Waals surface area contributed by atoms with Crippen LogP contribution in [0.15, 0.2) is 4.99 Å². The summed E-state index contributed by atoms with van der Waals surface area (Å²) in [5, 5.41) is 16.4. The summed E-state index contributed by atoms with van der Waals surface area (Å²) in [6.07, 6.45) is 9.47. The van der Waals surface area contributed by atoms with Crippen molar-refractivity contribution < 1.29 is 0 Å². The number of fused-ring (bicyclic) bond motifs is 1. The maximum Gasteiger partial charge on any atom is 0.191 e. The quantitative estimate of drug-likeness (QED) is 0.635. The summed E-state index contributed by atoms with van der Waals surface area (Å²) in [6, 6.07) is 0.539. The Balaban J connectivity index is 1.61. The molecular weight excluding hydrogens is 308 g/mol. The fourth-order valence-corrected chi connectivity index (χ4v) is 4.23. The van der Waals surface area contributed by atoms with E-state index < -0.39 is 0 Å². The first-order valence-electron chi connectivity index (χ1n) is 8.78. The number of nitrogens with one attached hydrogen (secondary N) is 2. The molecule has 2 unspecified atom stereocenters. The highest BCUT2D eigenvalue weighted by molar-refractivity contribution is 7.99. The predicted molar refractivity (Wildman–Crippen MR) is 95.9 cm³/mol. The zero-order valence-electron chi connectivity index (χ0n) is 14.2. The zero-order valence-corrected chi connectivity index (χ0v) is 15.0. The molecule has 1 aliphatic heterocycles. The predicted octanol–water partition coefficient (Wildman–Crippen LogP) is 1.95. The van der Waals surface area contributed by atoms with Gasteiger partial charge in [0.25, 0.3) is 0 Å². The minimum atomic E-state index is 0.539. The van der Waals surface area contributed by atoms with E-state index in [9.17, 15) is 0 Å². The van der Waals surface area contributed by atoms with Crippen molar-refractivity contribution in [2.24, 2.45) is 4.99 Å². The Morgan fingerprint density at radius 3 is 3.04 bits per heavy atom. The molecule has 0 aromatic carbocycles. The van der Waals surface area contributed by atoms with Gasteiger partial charge in [0.2, 0.25) is 0 Å². The minimum absolute atomic E-state index is 0.539. The maximum atomic E-state index is 4.74. The van der Waals surface area contributed by atoms with Gasteiger partial charge < -0.3 is 15.2 Å². The lowest BCUT2D eigenvalue weighted by molar-refractivity contribution is 0.507. The molecule has 2 aliphatic rings. The second-order valence-corrected chi connectivity index (χ2v) is 7.49. The van der Waals surface area contributed by atoms with Crippen molar-refractivity contribution in [2.45, 2.75) is 69.8 Å². The fraction of sp³-hybridized carbons (Fsp3) is 0.812. The highest BCUT2D eigenvalue weighted by Gasteiger charge is 2.24. The van der Waals surface area contributed by atoms with Crippen molar-refractivity contribution in [1.82, 2.24) is 25.4 Å². The molecule has 6 nitrogen and oxygen atoms in total. The molecule has 0 spiro atoms. The molecule has 23 heavy (non-hydrogen) atoms. The summed E-state index contributed by atoms with van der Waals surface area (Å²) < 4.78 is 2.25. The Hall–Kier alpha value is -1.24. The van der Waals surface area contributed by atoms with E-state index in [0.717, 1.165) is 42.4 Å². The molecule has 0 bridgehead atoms. The van der Waals surface area contributed by atoms with Crippen LogP contribution in [0, 0.1) is 0 Å². The van der Waals surface area contributed by atoms with E-state index in [1.54, 1.807) is 0 Å². The first-order chi connectivity index (χ1) is 11.3. The van der Waals surface area contributed by atoms with Crippen molar-refractivity contribution >= 4 is 17.7 Å². The first kappa shape index (κ1) is 16.6. The molecule has 2 heterocycles. The highest BCUT2D eigenvalue weighted by Crippen LogP contribution is 2.28. The third-order valence-electron chi connectivity index (χ3n) is 4.72. The summed E-state index contributed by atoms with van der Waals surface area (Å²) >= 11 is 1.98. The van der Waals surface area contributed by atoms with Crippen LogP contribution in [-0.4, -0.2) is 44.8 Å². The topological polar surface area (TPSA) is 67.1 Å². The van der Waals surface area contributed by atoms with Crippen molar-refractivity contribution in [2.75, 3.05) is 12.8 Å². The van der Waals surface area contributed by atoms with E-state index in [-0.39, 0.29) is 0 Å². The van der Waals surface area contributed by atoms with Crippen LogP contribution < -0.4 is 10.6 Å². The van der Waals surface area contributed by atoms with E-state index in [1.807, 2.05) is 11.8 Å². The van der Waals surface area contributed by atoms with Gasteiger partial charge in [-0.1, -0.05) is 0 Å². The molecule has 1 aliphatic carbocycles. The summed E-state index contributed by atoms with van der Waals surface area (Å²) in [6.45, 7) is 4.62. The van der Waals surface area contributed by atoms with Crippen LogP contribution in [0.5, 0.6) is 0 Å². The molecular formula is C16H28N6S. The number of thioether (sulfide) groups is 1. The van der Waals surface area contributed by atoms with Crippen molar-refractivity contribution in [3.8, 4) is 0 Å². The molecule has 1 saturated carbocycles. The van der Waals surface area contributed by atoms with Gasteiger partial charge in [-0.05, 0) is 45.3 Å². The number of aromatic nitrogens is 3. The second-order valence-electron chi connectivity index (χ2n) is 6.35. The Kier molecular flexibility index (Phi) is 5.80. The monoisotopic (exact) mass is 336 g/mol. The molecule has 128 valence electrons. The third kappa shape index (κ3) is 4.19. The van der Waals surface area contributed by atoms with Gasteiger partial charge in [-0.25, -0.2) is 4.99 Å². The van der Waals surface area contributed by atoms with Gasteiger partial charge in [0.05, 0.1) is 0 Å². The number of guanidine groups is 1. The number of hydrogen-bond donors (Lipinski definition) is 2. The molecule has 2 atom stereocenters. The Morgan fingerprint density at radius 2 is 2.26 bits per heavy atom. The number of aryl methyl sites for hydroxylation is 1. The average molecular weight is 337 g/mol. The van der Waals surface area contributed by atoms with Gasteiger partial charge in [-0.3, -0.25) is 0 Å². The lowest BCUT2D eigenvalue weighted by atomic mass is 10.2. The number of rotatable bonds is 5. The molecule has 0 saturated heterocycles. The largest absolute Gasteiger partial charge is 0.357 e. The van der Waals surface area contributed by atoms with Gasteiger partial charge >= 0.3 is 0 Å². The van der Waals surface area contributed by atoms with Crippen molar-refractivity contribution in [3.63, 3.8) is 0 Å². The summed E-state index contributed by atoms with van der Waals surface area (Å²) in [5.74, 6) is 3.02. The minimum Gasteiger partial charge on any atom is -0.357 e. The van der Waals surface area contributed by atoms with Gasteiger partial charge in [0.15, 0.2) is 11.8 Å². The second kappa shape index (κ2) is 8.04. The van der Waals surface area contributed by atoms with Crippen LogP contribution >= 0.6 is 11.8 Å². The number of nitrogens with zero attached hydrogens (tertiary/aromatic N) is 4. The van der Waals surface area contributed by atoms with Gasteiger partial charge in [0.1, 0.15) is 12.4 Å². The lowest BCUT2D eigenvalue weighted by Crippen LogP contribution is -2.42. The van der Waals surface area contributed by atoms with Crippen molar-refractivity contribution in [1.29, 1.82) is 0 Å². The molecule has 1 aromatic heterocycles. The average Bonchev–Trinajstić information content (AvgIpc) is 3.19. The Bertz CT molecular complexity index is 541. The number of aliphatic imine (C=N–C) groups is 1. The molecule has 1 fully saturated rings. The van der Waals surface area contributed by atoms with Gasteiger partial charge in [-0.15, -0.1) is 10.2 Å². The molecule has 1 aromatic rings. The molecule has 0 radical (unpaired) electrons. The van der Waals surface area contributed by atoms with E-state index in [1.165, 1.54) is 32.1 Å². The third-order valence-corrected chi connectivity index (χ3v) is 5.81. The van der Waals surface area contributed by atoms with Crippen LogP contribution in [-0.2, 0) is 19.5 Å². The van der Waals surface area contributed by atoms with E-state index >= 15 is 0 Å². The van der Waals surface area contributed by atoms with Crippen molar-refractivity contribution in [3.05, 3.63) is 11.6 Å². The fourth-order valence-electron chi connectivity index (χ4n) is 3.43. The van der Waals surface area contributed by atoms with Crippen LogP contribution in [0.2, 0.25) is 0 Å². The van der Waals surface area contributed by atoms with Gasteiger partial charge in [0, 0.05) is 30.8 Å². The summed E-state index contributed by atoms with van der Waals surface area (Å²) in [4.78, 5) is 4.74. The maximum absolute atomic E-state index is 4.74. The smallest absolute Gasteiger partial charge is 0.191 e. The van der Waals surface area contributed by atoms with Crippen LogP contribution in [0.3, 0.4) is 0 Å². The van der Waals surface area contributed by atoms with E-state index in [4.69, 9.17) is 4.99 Å². The van der Waals surface area contributed by atoms with Crippen LogP contribution in [0.1, 0.15) is 50.7 Å². The first-order valence-corrected chi connectivity index (χ1v) is 10.1. The lowest BCUT2D eigenvalue weighted by Gasteiger charge is -2.17. The molecule has 2 N–H and O–H groups in total. The van der Waals surface area contributed by atoms with Gasteiger partial charge in [-0.2, -0.15) is 11.8 Å². The Labute approximate surface area is 142 Å². The summed E-state index contributed by atoms with van der Waals surface area (Å²) in [7, 11) is 0.